The highest BCUT2D eigenvalue weighted by atomic mass is 35.5. The average Bonchev–Trinajstić information content (AvgIpc) is 3.22. The molecule has 33 heavy (non-hydrogen) atoms. The highest BCUT2D eigenvalue weighted by molar-refractivity contribution is 7.89. The van der Waals surface area contributed by atoms with E-state index in [2.05, 4.69) is 4.98 Å². The summed E-state index contributed by atoms with van der Waals surface area (Å²) in [6.07, 6.45) is 3.90. The molecule has 1 amide bonds. The van der Waals surface area contributed by atoms with Crippen molar-refractivity contribution in [2.24, 2.45) is 5.73 Å². The van der Waals surface area contributed by atoms with Crippen molar-refractivity contribution in [1.29, 1.82) is 0 Å². The minimum absolute atomic E-state index is 0.0752. The van der Waals surface area contributed by atoms with Gasteiger partial charge in [-0.15, -0.1) is 11.6 Å². The lowest BCUT2D eigenvalue weighted by Gasteiger charge is -2.31. The van der Waals surface area contributed by atoms with Gasteiger partial charge in [0.1, 0.15) is 5.82 Å². The summed E-state index contributed by atoms with van der Waals surface area (Å²) in [4.78, 5) is 15.0. The lowest BCUT2D eigenvalue weighted by molar-refractivity contribution is -0.117. The van der Waals surface area contributed by atoms with Crippen LogP contribution in [0.3, 0.4) is 0 Å². The first-order valence-corrected chi connectivity index (χ1v) is 13.1. The van der Waals surface area contributed by atoms with E-state index in [4.69, 9.17) is 17.3 Å². The Hall–Kier alpha value is -2.42. The Bertz CT molecular complexity index is 1250. The summed E-state index contributed by atoms with van der Waals surface area (Å²) in [5, 5.41) is 0.983. The van der Waals surface area contributed by atoms with Gasteiger partial charge in [-0.05, 0) is 71.7 Å². The number of sulfonamides is 1. The SMILES string of the molecule is NC(=O)Cc1cc(-c2ccc(F)cc2)cc2c(C3CCN(S(=O)(=O)CCCCl)CC3)c[nH]c12. The van der Waals surface area contributed by atoms with Crippen LogP contribution in [-0.2, 0) is 21.2 Å². The smallest absolute Gasteiger partial charge is 0.221 e. The Labute approximate surface area is 198 Å². The molecule has 1 saturated heterocycles. The summed E-state index contributed by atoms with van der Waals surface area (Å²) >= 11 is 5.67. The van der Waals surface area contributed by atoms with Crippen molar-refractivity contribution >= 4 is 38.4 Å². The number of nitrogens with zero attached hydrogens (tertiary/aromatic N) is 1. The second kappa shape index (κ2) is 9.83. The van der Waals surface area contributed by atoms with Crippen LogP contribution >= 0.6 is 11.6 Å². The summed E-state index contributed by atoms with van der Waals surface area (Å²) in [6.45, 7) is 0.932. The van der Waals surface area contributed by atoms with Crippen LogP contribution in [0.1, 0.15) is 36.3 Å². The van der Waals surface area contributed by atoms with Gasteiger partial charge >= 0.3 is 0 Å². The molecule has 9 heteroatoms. The Kier molecular flexibility index (Phi) is 7.07. The van der Waals surface area contributed by atoms with Gasteiger partial charge in [0.2, 0.25) is 15.9 Å². The van der Waals surface area contributed by atoms with Crippen molar-refractivity contribution in [3.63, 3.8) is 0 Å². The number of carbonyl (C=O) groups excluding carboxylic acids is 1. The zero-order valence-corrected chi connectivity index (χ0v) is 19.8. The van der Waals surface area contributed by atoms with Crippen LogP contribution in [0.2, 0.25) is 0 Å². The van der Waals surface area contributed by atoms with Crippen LogP contribution in [0.15, 0.2) is 42.6 Å². The van der Waals surface area contributed by atoms with Crippen LogP contribution in [0.25, 0.3) is 22.0 Å². The number of H-pyrrole nitrogens is 1. The zero-order chi connectivity index (χ0) is 23.6. The molecule has 1 aliphatic heterocycles. The van der Waals surface area contributed by atoms with Gasteiger partial charge in [-0.2, -0.15) is 0 Å². The Morgan fingerprint density at radius 2 is 1.85 bits per heavy atom. The molecule has 0 spiro atoms. The van der Waals surface area contributed by atoms with E-state index in [9.17, 15) is 17.6 Å². The third-order valence-corrected chi connectivity index (χ3v) is 8.49. The molecule has 2 aromatic carbocycles. The number of benzene rings is 2. The molecule has 2 heterocycles. The van der Waals surface area contributed by atoms with E-state index >= 15 is 0 Å². The Balaban J connectivity index is 1.66. The molecular formula is C24H27ClFN3O3S. The van der Waals surface area contributed by atoms with E-state index < -0.39 is 15.9 Å². The summed E-state index contributed by atoms with van der Waals surface area (Å²) in [7, 11) is -3.29. The van der Waals surface area contributed by atoms with Crippen molar-refractivity contribution in [2.45, 2.75) is 31.6 Å². The number of hydrogen-bond acceptors (Lipinski definition) is 3. The molecule has 1 fully saturated rings. The monoisotopic (exact) mass is 491 g/mol. The lowest BCUT2D eigenvalue weighted by Crippen LogP contribution is -2.39. The molecule has 0 unspecified atom stereocenters. The average molecular weight is 492 g/mol. The van der Waals surface area contributed by atoms with Gasteiger partial charge in [0.05, 0.1) is 12.2 Å². The van der Waals surface area contributed by atoms with Gasteiger partial charge in [0.25, 0.3) is 0 Å². The molecular weight excluding hydrogens is 465 g/mol. The van der Waals surface area contributed by atoms with Gasteiger partial charge in [0.15, 0.2) is 0 Å². The molecule has 0 radical (unpaired) electrons. The first-order chi connectivity index (χ1) is 15.8. The number of carbonyl (C=O) groups is 1. The molecule has 0 atom stereocenters. The van der Waals surface area contributed by atoms with Crippen molar-refractivity contribution in [2.75, 3.05) is 24.7 Å². The number of nitrogens with one attached hydrogen (secondary N) is 1. The molecule has 0 saturated carbocycles. The highest BCUT2D eigenvalue weighted by Gasteiger charge is 2.29. The molecule has 4 rings (SSSR count). The number of piperidine rings is 1. The molecule has 1 aromatic heterocycles. The maximum atomic E-state index is 13.4. The van der Waals surface area contributed by atoms with Crippen LogP contribution in [0.4, 0.5) is 4.39 Å². The van der Waals surface area contributed by atoms with Crippen molar-refractivity contribution in [3.05, 3.63) is 59.5 Å². The van der Waals surface area contributed by atoms with Gasteiger partial charge in [0, 0.05) is 36.1 Å². The number of aromatic amines is 1. The molecule has 3 N–H and O–H groups in total. The summed E-state index contributed by atoms with van der Waals surface area (Å²) in [6, 6.07) is 10.2. The fraction of sp³-hybridized carbons (Fsp3) is 0.375. The first kappa shape index (κ1) is 23.7. The molecule has 6 nitrogen and oxygen atoms in total. The number of primary amides is 1. The minimum Gasteiger partial charge on any atom is -0.369 e. The number of fused-ring (bicyclic) bond motifs is 1. The number of halogens is 2. The maximum absolute atomic E-state index is 13.4. The standard InChI is InChI=1S/C24H27ClFN3O3S/c25-8-1-11-33(31,32)29-9-6-17(7-10-29)22-15-28-24-19(14-23(27)30)12-18(13-21(22)24)16-2-4-20(26)5-3-16/h2-5,12-13,15,17,28H,1,6-11,14H2,(H2,27,30). The van der Waals surface area contributed by atoms with Crippen LogP contribution in [-0.4, -0.2) is 48.3 Å². The molecule has 1 aliphatic rings. The number of amides is 1. The fourth-order valence-corrected chi connectivity index (χ4v) is 6.44. The van der Waals surface area contributed by atoms with Crippen LogP contribution in [0, 0.1) is 5.82 Å². The third-order valence-electron chi connectivity index (χ3n) is 6.27. The zero-order valence-electron chi connectivity index (χ0n) is 18.2. The largest absolute Gasteiger partial charge is 0.369 e. The van der Waals surface area contributed by atoms with Crippen molar-refractivity contribution < 1.29 is 17.6 Å². The summed E-state index contributed by atoms with van der Waals surface area (Å²) in [5.41, 5.74) is 9.94. The van der Waals surface area contributed by atoms with E-state index in [0.717, 1.165) is 33.2 Å². The fourth-order valence-electron chi connectivity index (χ4n) is 4.61. The molecule has 0 aliphatic carbocycles. The Morgan fingerprint density at radius 3 is 2.48 bits per heavy atom. The number of aromatic nitrogens is 1. The van der Waals surface area contributed by atoms with Crippen molar-refractivity contribution in [1.82, 2.24) is 9.29 Å². The van der Waals surface area contributed by atoms with Gasteiger partial charge in [-0.1, -0.05) is 12.1 Å². The van der Waals surface area contributed by atoms with E-state index in [-0.39, 0.29) is 23.9 Å². The third kappa shape index (κ3) is 5.23. The number of nitrogens with two attached hydrogens (primary N) is 1. The van der Waals surface area contributed by atoms with E-state index in [1.807, 2.05) is 18.3 Å². The van der Waals surface area contributed by atoms with Gasteiger partial charge < -0.3 is 10.7 Å². The number of hydrogen-bond donors (Lipinski definition) is 2. The summed E-state index contributed by atoms with van der Waals surface area (Å²) in [5.74, 6) is -0.157. The number of alkyl halides is 1. The first-order valence-electron chi connectivity index (χ1n) is 11.0. The number of rotatable bonds is 8. The predicted octanol–water partition coefficient (Wildman–Crippen LogP) is 4.14. The van der Waals surface area contributed by atoms with Crippen molar-refractivity contribution in [3.8, 4) is 11.1 Å². The highest BCUT2D eigenvalue weighted by Crippen LogP contribution is 2.37. The van der Waals surface area contributed by atoms with Crippen LogP contribution < -0.4 is 5.73 Å². The van der Waals surface area contributed by atoms with E-state index in [1.54, 1.807) is 16.4 Å². The van der Waals surface area contributed by atoms with Crippen LogP contribution in [0.5, 0.6) is 0 Å². The topological polar surface area (TPSA) is 96.3 Å². The summed E-state index contributed by atoms with van der Waals surface area (Å²) < 4.78 is 40.0. The maximum Gasteiger partial charge on any atom is 0.221 e. The van der Waals surface area contributed by atoms with E-state index in [0.29, 0.717) is 38.2 Å². The lowest BCUT2D eigenvalue weighted by atomic mass is 9.88. The normalized spacial score (nSPS) is 15.8. The predicted molar refractivity (Wildman–Crippen MR) is 129 cm³/mol. The molecule has 0 bridgehead atoms. The second-order valence-corrected chi connectivity index (χ2v) is 11.0. The molecule has 176 valence electrons. The van der Waals surface area contributed by atoms with E-state index in [1.165, 1.54) is 12.1 Å². The van der Waals surface area contributed by atoms with Gasteiger partial charge in [-0.3, -0.25) is 4.79 Å². The second-order valence-electron chi connectivity index (χ2n) is 8.48. The quantitative estimate of drug-likeness (QED) is 0.463. The van der Waals surface area contributed by atoms with Gasteiger partial charge in [-0.25, -0.2) is 17.1 Å². The molecule has 3 aromatic rings. The Morgan fingerprint density at radius 1 is 1.15 bits per heavy atom. The minimum atomic E-state index is -3.29.